The number of ether oxygens (including phenoxy) is 1. The van der Waals surface area contributed by atoms with Crippen molar-refractivity contribution in [3.63, 3.8) is 0 Å². The summed E-state index contributed by atoms with van der Waals surface area (Å²) in [7, 11) is -4.35. The molecule has 3 N–H and O–H groups in total. The highest BCUT2D eigenvalue weighted by Gasteiger charge is 2.44. The lowest BCUT2D eigenvalue weighted by Gasteiger charge is -2.40. The number of rotatable bonds is 8. The van der Waals surface area contributed by atoms with Gasteiger partial charge in [0.1, 0.15) is 17.1 Å². The summed E-state index contributed by atoms with van der Waals surface area (Å²) in [6.07, 6.45) is 6.99. The van der Waals surface area contributed by atoms with Crippen LogP contribution < -0.4 is 9.64 Å². The fraction of sp³-hybridized carbons (Fsp3) is 0.414. The molecule has 0 fully saturated rings. The number of carbonyl (C=O) groups is 1. The number of aromatic hydroxyl groups is 1. The van der Waals surface area contributed by atoms with E-state index >= 15 is 0 Å². The first kappa shape index (κ1) is 27.9. The maximum absolute atomic E-state index is 13.2. The largest absolute Gasteiger partial charge is 0.508 e. The summed E-state index contributed by atoms with van der Waals surface area (Å²) < 4.78 is 38.4. The zero-order chi connectivity index (χ0) is 27.8. The topological polar surface area (TPSA) is 124 Å². The molecule has 0 bridgehead atoms. The van der Waals surface area contributed by atoms with Crippen molar-refractivity contribution < 1.29 is 32.7 Å². The smallest absolute Gasteiger partial charge is 0.294 e. The molecule has 8 nitrogen and oxygen atoms in total. The van der Waals surface area contributed by atoms with Crippen molar-refractivity contribution >= 4 is 21.7 Å². The van der Waals surface area contributed by atoms with Gasteiger partial charge in [0.25, 0.3) is 16.0 Å². The number of hydrogen-bond acceptors (Lipinski definition) is 6. The Kier molecular flexibility index (Phi) is 7.74. The second-order valence-corrected chi connectivity index (χ2v) is 12.1. The number of allylic oxidation sites excluding steroid dienone is 4. The van der Waals surface area contributed by atoms with Crippen molar-refractivity contribution in [1.29, 1.82) is 0 Å². The zero-order valence-corrected chi connectivity index (χ0v) is 23.0. The zero-order valence-electron chi connectivity index (χ0n) is 22.2. The highest BCUT2D eigenvalue weighted by Crippen LogP contribution is 2.47. The number of phenolic OH excluding ortho intramolecular Hbond substituents is 1. The lowest BCUT2D eigenvalue weighted by molar-refractivity contribution is -0.0597. The van der Waals surface area contributed by atoms with Gasteiger partial charge in [-0.3, -0.25) is 9.35 Å². The van der Waals surface area contributed by atoms with Crippen LogP contribution in [0.1, 0.15) is 74.9 Å². The van der Waals surface area contributed by atoms with E-state index in [0.29, 0.717) is 34.5 Å². The standard InChI is InChI=1S/C29H35NO7S/c1-18(2)7-5-8-19(3)9-6-14-29(4)26(32)16-23-25(31)15-22-24(27(23)37-29)17-30(28(22)33)20-10-12-21(13-11-20)38(34,35)36/h7,9-13,15,26,31-32H,5-6,8,14,16-17H2,1-4H3,(H,34,35,36). The van der Waals surface area contributed by atoms with Crippen LogP contribution in [0.4, 0.5) is 5.69 Å². The van der Waals surface area contributed by atoms with Crippen LogP contribution in [0.25, 0.3) is 0 Å². The second kappa shape index (κ2) is 10.6. The summed E-state index contributed by atoms with van der Waals surface area (Å²) in [5.41, 5.74) is 3.50. The molecule has 2 aliphatic rings. The van der Waals surface area contributed by atoms with Crippen LogP contribution in [0, 0.1) is 0 Å². The molecular formula is C29H35NO7S. The SMILES string of the molecule is CC(C)=CCCC(C)=CCCC1(C)Oc2c(c(O)cc3c2CN(c2ccc(S(=O)(=O)O)cc2)C3=O)CC1O. The first-order chi connectivity index (χ1) is 17.8. The molecule has 9 heteroatoms. The Morgan fingerprint density at radius 3 is 2.45 bits per heavy atom. The predicted molar refractivity (Wildman–Crippen MR) is 145 cm³/mol. The molecule has 2 aromatic carbocycles. The maximum atomic E-state index is 13.2. The van der Waals surface area contributed by atoms with Crippen LogP contribution in [0.5, 0.6) is 11.5 Å². The second-order valence-electron chi connectivity index (χ2n) is 10.6. The fourth-order valence-electron chi connectivity index (χ4n) is 5.01. The van der Waals surface area contributed by atoms with Crippen LogP contribution in [0.2, 0.25) is 0 Å². The molecule has 2 aliphatic heterocycles. The highest BCUT2D eigenvalue weighted by molar-refractivity contribution is 7.85. The van der Waals surface area contributed by atoms with Gasteiger partial charge in [-0.15, -0.1) is 0 Å². The van der Waals surface area contributed by atoms with Crippen molar-refractivity contribution in [3.8, 4) is 11.5 Å². The molecule has 2 unspecified atom stereocenters. The first-order valence-electron chi connectivity index (χ1n) is 12.7. The van der Waals surface area contributed by atoms with Gasteiger partial charge in [0.05, 0.1) is 23.1 Å². The van der Waals surface area contributed by atoms with Crippen LogP contribution in [0.3, 0.4) is 0 Å². The van der Waals surface area contributed by atoms with E-state index in [0.717, 1.165) is 19.3 Å². The van der Waals surface area contributed by atoms with E-state index in [-0.39, 0.29) is 29.5 Å². The predicted octanol–water partition coefficient (Wildman–Crippen LogP) is 5.33. The van der Waals surface area contributed by atoms with Crippen molar-refractivity contribution in [3.05, 3.63) is 70.3 Å². The van der Waals surface area contributed by atoms with E-state index in [1.165, 1.54) is 46.4 Å². The molecule has 4 rings (SSSR count). The van der Waals surface area contributed by atoms with Gasteiger partial charge in [-0.2, -0.15) is 8.42 Å². The van der Waals surface area contributed by atoms with Crippen molar-refractivity contribution in [1.82, 2.24) is 0 Å². The number of aliphatic hydroxyl groups excluding tert-OH is 1. The Morgan fingerprint density at radius 2 is 1.82 bits per heavy atom. The lowest BCUT2D eigenvalue weighted by Crippen LogP contribution is -2.49. The van der Waals surface area contributed by atoms with Crippen LogP contribution in [-0.2, 0) is 23.1 Å². The summed E-state index contributed by atoms with van der Waals surface area (Å²) in [5, 5.41) is 21.7. The van der Waals surface area contributed by atoms with Gasteiger partial charge in [0.15, 0.2) is 0 Å². The third-order valence-electron chi connectivity index (χ3n) is 7.36. The molecule has 204 valence electrons. The van der Waals surface area contributed by atoms with E-state index in [4.69, 9.17) is 4.74 Å². The van der Waals surface area contributed by atoms with E-state index in [2.05, 4.69) is 32.9 Å². The van der Waals surface area contributed by atoms with Gasteiger partial charge in [0.2, 0.25) is 0 Å². The van der Waals surface area contributed by atoms with Gasteiger partial charge < -0.3 is 19.8 Å². The van der Waals surface area contributed by atoms with E-state index in [1.807, 2.05) is 6.92 Å². The van der Waals surface area contributed by atoms with E-state index < -0.39 is 21.8 Å². The molecule has 0 saturated carbocycles. The summed E-state index contributed by atoms with van der Waals surface area (Å²) in [6, 6.07) is 6.75. The van der Waals surface area contributed by atoms with Gasteiger partial charge in [-0.1, -0.05) is 23.3 Å². The molecule has 1 amide bonds. The number of carbonyl (C=O) groups excluding carboxylic acids is 1. The molecule has 0 spiro atoms. The Morgan fingerprint density at radius 1 is 1.13 bits per heavy atom. The monoisotopic (exact) mass is 541 g/mol. The minimum Gasteiger partial charge on any atom is -0.508 e. The third-order valence-corrected chi connectivity index (χ3v) is 8.23. The van der Waals surface area contributed by atoms with Gasteiger partial charge in [-0.05, 0) is 83.7 Å². The molecule has 0 saturated heterocycles. The lowest BCUT2D eigenvalue weighted by atomic mass is 9.84. The summed E-state index contributed by atoms with van der Waals surface area (Å²) in [5.74, 6) is -0.0432. The fourth-order valence-corrected chi connectivity index (χ4v) is 5.49. The average Bonchev–Trinajstić information content (AvgIpc) is 3.16. The van der Waals surface area contributed by atoms with Gasteiger partial charge in [0, 0.05) is 23.2 Å². The maximum Gasteiger partial charge on any atom is 0.294 e. The van der Waals surface area contributed by atoms with Crippen molar-refractivity contribution in [2.45, 2.75) is 82.9 Å². The average molecular weight is 542 g/mol. The minimum atomic E-state index is -4.35. The molecule has 0 aromatic heterocycles. The minimum absolute atomic E-state index is 0.105. The molecule has 2 atom stereocenters. The summed E-state index contributed by atoms with van der Waals surface area (Å²) in [4.78, 5) is 14.4. The normalized spacial score (nSPS) is 21.1. The van der Waals surface area contributed by atoms with Gasteiger partial charge >= 0.3 is 0 Å². The van der Waals surface area contributed by atoms with E-state index in [1.54, 1.807) is 0 Å². The number of hydrogen-bond donors (Lipinski definition) is 3. The third kappa shape index (κ3) is 5.65. The Bertz CT molecular complexity index is 1410. The summed E-state index contributed by atoms with van der Waals surface area (Å²) in [6.45, 7) is 8.28. The number of fused-ring (bicyclic) bond motifs is 3. The number of nitrogens with zero attached hydrogens (tertiary/aromatic N) is 1. The number of anilines is 1. The Hall–Kier alpha value is -3.14. The quantitative estimate of drug-likeness (QED) is 0.305. The van der Waals surface area contributed by atoms with Crippen LogP contribution in [0.15, 0.2) is 58.5 Å². The summed E-state index contributed by atoms with van der Waals surface area (Å²) >= 11 is 0. The number of phenols is 1. The van der Waals surface area contributed by atoms with Crippen LogP contribution in [-0.4, -0.2) is 40.8 Å². The molecule has 0 radical (unpaired) electrons. The van der Waals surface area contributed by atoms with Crippen molar-refractivity contribution in [2.75, 3.05) is 4.90 Å². The van der Waals surface area contributed by atoms with E-state index in [9.17, 15) is 28.0 Å². The van der Waals surface area contributed by atoms with Crippen LogP contribution >= 0.6 is 0 Å². The molecule has 0 aliphatic carbocycles. The molecular weight excluding hydrogens is 506 g/mol. The van der Waals surface area contributed by atoms with Gasteiger partial charge in [-0.25, -0.2) is 0 Å². The van der Waals surface area contributed by atoms with Crippen molar-refractivity contribution in [2.24, 2.45) is 0 Å². The molecule has 2 aromatic rings. The Balaban J connectivity index is 1.56. The first-order valence-corrected chi connectivity index (χ1v) is 14.2. The molecule has 38 heavy (non-hydrogen) atoms. The molecule has 2 heterocycles. The Labute approximate surface area is 224 Å². The number of benzene rings is 2. The number of amides is 1. The highest BCUT2D eigenvalue weighted by atomic mass is 32.2. The number of aliphatic hydroxyl groups is 1.